The third-order valence-electron chi connectivity index (χ3n) is 4.69. The summed E-state index contributed by atoms with van der Waals surface area (Å²) in [5, 5.41) is 20.1. The highest BCUT2D eigenvalue weighted by atomic mass is 16.5. The predicted octanol–water partition coefficient (Wildman–Crippen LogP) is 2.70. The molecule has 0 saturated carbocycles. The summed E-state index contributed by atoms with van der Waals surface area (Å²) >= 11 is 0. The summed E-state index contributed by atoms with van der Waals surface area (Å²) in [6.07, 6.45) is 1.98. The lowest BCUT2D eigenvalue weighted by Gasteiger charge is -2.41. The molecule has 0 aliphatic rings. The van der Waals surface area contributed by atoms with Crippen molar-refractivity contribution < 1.29 is 10.2 Å². The van der Waals surface area contributed by atoms with Gasteiger partial charge in [0.15, 0.2) is 6.29 Å². The molecule has 0 aromatic carbocycles. The molecule has 0 amide bonds. The first-order valence-electron chi connectivity index (χ1n) is 7.16. The van der Waals surface area contributed by atoms with Gasteiger partial charge in [0.2, 0.25) is 0 Å². The maximum Gasteiger partial charge on any atom is 0.158 e. The van der Waals surface area contributed by atoms with Crippen molar-refractivity contribution >= 4 is 0 Å². The third kappa shape index (κ3) is 2.96. The Morgan fingerprint density at radius 3 is 1.57 bits per heavy atom. The SMILES string of the molecule is CC(c1ccccn1)C(C)(C(O)O)C(C)c1ccccn1. The molecule has 2 N–H and O–H groups in total. The van der Waals surface area contributed by atoms with Crippen LogP contribution in [0.15, 0.2) is 48.8 Å². The molecule has 0 aliphatic carbocycles. The maximum absolute atomic E-state index is 10.0. The summed E-state index contributed by atoms with van der Waals surface area (Å²) in [5.41, 5.74) is 0.898. The van der Waals surface area contributed by atoms with Crippen molar-refractivity contribution in [3.05, 3.63) is 60.2 Å². The summed E-state index contributed by atoms with van der Waals surface area (Å²) < 4.78 is 0. The van der Waals surface area contributed by atoms with Crippen molar-refractivity contribution in [2.45, 2.75) is 38.9 Å². The molecule has 0 spiro atoms. The molecule has 112 valence electrons. The van der Waals surface area contributed by atoms with E-state index in [0.717, 1.165) is 11.4 Å². The van der Waals surface area contributed by atoms with E-state index in [0.29, 0.717) is 0 Å². The fraction of sp³-hybridized carbons (Fsp3) is 0.412. The smallest absolute Gasteiger partial charge is 0.158 e. The minimum absolute atomic E-state index is 0.129. The zero-order valence-corrected chi connectivity index (χ0v) is 12.6. The van der Waals surface area contributed by atoms with Crippen molar-refractivity contribution in [2.24, 2.45) is 5.41 Å². The molecule has 0 radical (unpaired) electrons. The van der Waals surface area contributed by atoms with Gasteiger partial charge >= 0.3 is 0 Å². The van der Waals surface area contributed by atoms with Crippen LogP contribution in [0.4, 0.5) is 0 Å². The molecule has 2 rings (SSSR count). The second kappa shape index (κ2) is 6.33. The molecular formula is C17H22N2O2. The summed E-state index contributed by atoms with van der Waals surface area (Å²) in [6, 6.07) is 11.4. The van der Waals surface area contributed by atoms with Crippen LogP contribution in [-0.2, 0) is 0 Å². The van der Waals surface area contributed by atoms with Gasteiger partial charge in [-0.1, -0.05) is 32.9 Å². The fourth-order valence-corrected chi connectivity index (χ4v) is 2.72. The van der Waals surface area contributed by atoms with E-state index in [1.165, 1.54) is 0 Å². The van der Waals surface area contributed by atoms with Gasteiger partial charge < -0.3 is 10.2 Å². The average molecular weight is 286 g/mol. The highest BCUT2D eigenvalue weighted by molar-refractivity contribution is 5.20. The minimum atomic E-state index is -1.47. The highest BCUT2D eigenvalue weighted by Crippen LogP contribution is 2.47. The molecule has 2 unspecified atom stereocenters. The van der Waals surface area contributed by atoms with Gasteiger partial charge in [0.25, 0.3) is 0 Å². The second-order valence-corrected chi connectivity index (χ2v) is 5.69. The molecule has 0 bridgehead atoms. The monoisotopic (exact) mass is 286 g/mol. The topological polar surface area (TPSA) is 66.2 Å². The Bertz CT molecular complexity index is 512. The van der Waals surface area contributed by atoms with Crippen molar-refractivity contribution in [1.82, 2.24) is 9.97 Å². The lowest BCUT2D eigenvalue weighted by atomic mass is 9.66. The number of pyridine rings is 2. The van der Waals surface area contributed by atoms with Crippen LogP contribution in [-0.4, -0.2) is 26.5 Å². The second-order valence-electron chi connectivity index (χ2n) is 5.69. The molecule has 2 aromatic rings. The van der Waals surface area contributed by atoms with Gasteiger partial charge in [-0.25, -0.2) is 0 Å². The molecule has 0 saturated heterocycles. The van der Waals surface area contributed by atoms with E-state index >= 15 is 0 Å². The van der Waals surface area contributed by atoms with Crippen LogP contribution in [0.3, 0.4) is 0 Å². The van der Waals surface area contributed by atoms with Gasteiger partial charge in [0.1, 0.15) is 0 Å². The highest BCUT2D eigenvalue weighted by Gasteiger charge is 2.44. The van der Waals surface area contributed by atoms with Crippen molar-refractivity contribution in [3.63, 3.8) is 0 Å². The van der Waals surface area contributed by atoms with Crippen LogP contribution in [0, 0.1) is 5.41 Å². The van der Waals surface area contributed by atoms with E-state index < -0.39 is 11.7 Å². The van der Waals surface area contributed by atoms with Gasteiger partial charge in [0.05, 0.1) is 0 Å². The lowest BCUT2D eigenvalue weighted by Crippen LogP contribution is -2.42. The Morgan fingerprint density at radius 2 is 1.29 bits per heavy atom. The number of nitrogens with zero attached hydrogens (tertiary/aromatic N) is 2. The molecule has 4 nitrogen and oxygen atoms in total. The maximum atomic E-state index is 10.0. The van der Waals surface area contributed by atoms with Gasteiger partial charge in [-0.15, -0.1) is 0 Å². The normalized spacial score (nSPS) is 17.2. The van der Waals surface area contributed by atoms with E-state index in [9.17, 15) is 10.2 Å². The van der Waals surface area contributed by atoms with Gasteiger partial charge in [-0.05, 0) is 24.3 Å². The van der Waals surface area contributed by atoms with Crippen molar-refractivity contribution in [1.29, 1.82) is 0 Å². The van der Waals surface area contributed by atoms with E-state index in [4.69, 9.17) is 0 Å². The number of aliphatic hydroxyl groups is 2. The van der Waals surface area contributed by atoms with Gasteiger partial charge in [-0.3, -0.25) is 9.97 Å². The molecule has 2 atom stereocenters. The van der Waals surface area contributed by atoms with Crippen LogP contribution < -0.4 is 0 Å². The largest absolute Gasteiger partial charge is 0.368 e. The van der Waals surface area contributed by atoms with Crippen molar-refractivity contribution in [3.8, 4) is 0 Å². The summed E-state index contributed by atoms with van der Waals surface area (Å²) in [6.45, 7) is 5.82. The Kier molecular flexibility index (Phi) is 4.70. The zero-order valence-electron chi connectivity index (χ0n) is 12.6. The van der Waals surface area contributed by atoms with Crippen LogP contribution in [0.2, 0.25) is 0 Å². The van der Waals surface area contributed by atoms with E-state index in [-0.39, 0.29) is 11.8 Å². The standard InChI is InChI=1S/C17H22N2O2/c1-12(14-8-4-6-10-18-14)17(3,16(20)21)13(2)15-9-5-7-11-19-15/h4-13,16,20-21H,1-3H3. The molecule has 0 aliphatic heterocycles. The van der Waals surface area contributed by atoms with E-state index in [2.05, 4.69) is 9.97 Å². The quantitative estimate of drug-likeness (QED) is 0.829. The van der Waals surface area contributed by atoms with Crippen LogP contribution in [0.1, 0.15) is 44.0 Å². The fourth-order valence-electron chi connectivity index (χ4n) is 2.72. The number of hydrogen-bond acceptors (Lipinski definition) is 4. The average Bonchev–Trinajstić information content (AvgIpc) is 2.54. The summed E-state index contributed by atoms with van der Waals surface area (Å²) in [5.74, 6) is -0.258. The Morgan fingerprint density at radius 1 is 0.857 bits per heavy atom. The van der Waals surface area contributed by atoms with E-state index in [1.54, 1.807) is 12.4 Å². The molecular weight excluding hydrogens is 264 g/mol. The van der Waals surface area contributed by atoms with Gasteiger partial charge in [-0.2, -0.15) is 0 Å². The molecule has 4 heteroatoms. The van der Waals surface area contributed by atoms with Crippen LogP contribution in [0.5, 0.6) is 0 Å². The lowest BCUT2D eigenvalue weighted by molar-refractivity contribution is -0.146. The van der Waals surface area contributed by atoms with E-state index in [1.807, 2.05) is 57.2 Å². The zero-order chi connectivity index (χ0) is 15.5. The molecule has 0 fully saturated rings. The predicted molar refractivity (Wildman–Crippen MR) is 81.6 cm³/mol. The first-order chi connectivity index (χ1) is 9.98. The molecule has 2 heterocycles. The summed E-state index contributed by atoms with van der Waals surface area (Å²) in [4.78, 5) is 8.72. The number of hydrogen-bond donors (Lipinski definition) is 2. The van der Waals surface area contributed by atoms with Crippen LogP contribution >= 0.6 is 0 Å². The minimum Gasteiger partial charge on any atom is -0.368 e. The van der Waals surface area contributed by atoms with Crippen molar-refractivity contribution in [2.75, 3.05) is 0 Å². The Labute approximate surface area is 125 Å². The molecule has 21 heavy (non-hydrogen) atoms. The molecule has 2 aromatic heterocycles. The number of rotatable bonds is 5. The number of aromatic nitrogens is 2. The number of aliphatic hydroxyl groups excluding tert-OH is 1. The van der Waals surface area contributed by atoms with Gasteiger partial charge in [0, 0.05) is 41.0 Å². The van der Waals surface area contributed by atoms with Crippen LogP contribution in [0.25, 0.3) is 0 Å². The summed E-state index contributed by atoms with van der Waals surface area (Å²) in [7, 11) is 0. The third-order valence-corrected chi connectivity index (χ3v) is 4.69. The Balaban J connectivity index is 2.41. The first-order valence-corrected chi connectivity index (χ1v) is 7.16. The Hall–Kier alpha value is -1.78. The first kappa shape index (κ1) is 15.6.